The van der Waals surface area contributed by atoms with Crippen molar-refractivity contribution in [3.05, 3.63) is 40.4 Å². The Labute approximate surface area is 139 Å². The maximum absolute atomic E-state index is 4.45. The number of hydrogen-bond acceptors (Lipinski definition) is 6. The fourth-order valence-corrected chi connectivity index (χ4v) is 1.89. The van der Waals surface area contributed by atoms with Gasteiger partial charge in [0, 0.05) is 38.7 Å². The molecule has 0 bridgehead atoms. The molecule has 0 atom stereocenters. The molecule has 0 radical (unpaired) electrons. The molecule has 0 spiro atoms. The van der Waals surface area contributed by atoms with E-state index in [0.717, 1.165) is 15.9 Å². The van der Waals surface area contributed by atoms with Crippen molar-refractivity contribution >= 4 is 39.7 Å². The average molecular weight is 363 g/mol. The molecule has 1 N–H and O–H groups in total. The summed E-state index contributed by atoms with van der Waals surface area (Å²) in [5.41, 5.74) is 3.96. The summed E-state index contributed by atoms with van der Waals surface area (Å²) in [6.07, 6.45) is 1.75. The lowest BCUT2D eigenvalue weighted by atomic mass is 10.2. The van der Waals surface area contributed by atoms with E-state index in [4.69, 9.17) is 0 Å². The topological polar surface area (TPSA) is 56.6 Å². The van der Waals surface area contributed by atoms with Crippen LogP contribution in [-0.2, 0) is 0 Å². The zero-order chi connectivity index (χ0) is 16.1. The fourth-order valence-electron chi connectivity index (χ4n) is 1.63. The van der Waals surface area contributed by atoms with Crippen molar-refractivity contribution in [2.24, 2.45) is 5.10 Å². The van der Waals surface area contributed by atoms with E-state index in [9.17, 15) is 0 Å². The summed E-state index contributed by atoms with van der Waals surface area (Å²) >= 11 is 3.41. The number of halogens is 1. The first-order valence-electron chi connectivity index (χ1n) is 6.74. The molecule has 2 rings (SSSR count). The van der Waals surface area contributed by atoms with Crippen LogP contribution in [0.1, 0.15) is 5.56 Å². The Morgan fingerprint density at radius 2 is 1.73 bits per heavy atom. The van der Waals surface area contributed by atoms with Gasteiger partial charge in [-0.05, 0) is 17.7 Å². The third kappa shape index (κ3) is 4.42. The van der Waals surface area contributed by atoms with Crippen molar-refractivity contribution in [1.82, 2.24) is 9.97 Å². The van der Waals surface area contributed by atoms with Gasteiger partial charge in [0.25, 0.3) is 0 Å². The van der Waals surface area contributed by atoms with Crippen LogP contribution in [0.25, 0.3) is 0 Å². The molecule has 0 saturated carbocycles. The van der Waals surface area contributed by atoms with Crippen LogP contribution >= 0.6 is 15.9 Å². The highest BCUT2D eigenvalue weighted by Crippen LogP contribution is 2.17. The second-order valence-corrected chi connectivity index (χ2v) is 6.04. The molecule has 0 unspecified atom stereocenters. The molecule has 0 aliphatic carbocycles. The van der Waals surface area contributed by atoms with E-state index in [2.05, 4.69) is 36.4 Å². The van der Waals surface area contributed by atoms with Gasteiger partial charge in [-0.25, -0.2) is 0 Å². The molecule has 0 aliphatic heterocycles. The number of aromatic nitrogens is 2. The SMILES string of the molecule is CN(C)c1cc(NN=Cc2ccc(Br)cc2)nc(N(C)C)n1. The molecule has 2 aromatic rings. The monoisotopic (exact) mass is 362 g/mol. The zero-order valence-corrected chi connectivity index (χ0v) is 14.7. The molecule has 0 amide bonds. The van der Waals surface area contributed by atoms with Gasteiger partial charge in [0.2, 0.25) is 5.95 Å². The highest BCUT2D eigenvalue weighted by molar-refractivity contribution is 9.10. The smallest absolute Gasteiger partial charge is 0.228 e. The molecule has 6 nitrogen and oxygen atoms in total. The van der Waals surface area contributed by atoms with Gasteiger partial charge in [-0.3, -0.25) is 5.43 Å². The molecule has 0 fully saturated rings. The van der Waals surface area contributed by atoms with Gasteiger partial charge in [-0.2, -0.15) is 15.1 Å². The van der Waals surface area contributed by atoms with Crippen molar-refractivity contribution in [2.75, 3.05) is 43.4 Å². The van der Waals surface area contributed by atoms with Gasteiger partial charge in [-0.1, -0.05) is 28.1 Å². The summed E-state index contributed by atoms with van der Waals surface area (Å²) < 4.78 is 1.04. The Morgan fingerprint density at radius 1 is 1.05 bits per heavy atom. The van der Waals surface area contributed by atoms with Crippen LogP contribution in [0.2, 0.25) is 0 Å². The van der Waals surface area contributed by atoms with Gasteiger partial charge in [-0.15, -0.1) is 0 Å². The third-order valence-electron chi connectivity index (χ3n) is 2.82. The molecule has 116 valence electrons. The summed E-state index contributed by atoms with van der Waals surface area (Å²) in [5.74, 6) is 2.10. The van der Waals surface area contributed by atoms with Gasteiger partial charge >= 0.3 is 0 Å². The maximum Gasteiger partial charge on any atom is 0.228 e. The normalized spacial score (nSPS) is 10.8. The van der Waals surface area contributed by atoms with Crippen LogP contribution < -0.4 is 15.2 Å². The molecule has 1 aromatic carbocycles. The maximum atomic E-state index is 4.45. The molecular formula is C15H19BrN6. The summed E-state index contributed by atoms with van der Waals surface area (Å²) in [4.78, 5) is 12.7. The van der Waals surface area contributed by atoms with E-state index in [0.29, 0.717) is 11.8 Å². The Bertz CT molecular complexity index is 625. The quantitative estimate of drug-likeness (QED) is 0.654. The first-order chi connectivity index (χ1) is 10.5. The predicted molar refractivity (Wildman–Crippen MR) is 96.0 cm³/mol. The van der Waals surface area contributed by atoms with E-state index < -0.39 is 0 Å². The van der Waals surface area contributed by atoms with Crippen molar-refractivity contribution < 1.29 is 0 Å². The second kappa shape index (κ2) is 7.22. The molecule has 0 aliphatic rings. The third-order valence-corrected chi connectivity index (χ3v) is 3.35. The van der Waals surface area contributed by atoms with Crippen LogP contribution in [0.5, 0.6) is 0 Å². The summed E-state index contributed by atoms with van der Waals surface area (Å²) in [6.45, 7) is 0. The lowest BCUT2D eigenvalue weighted by Crippen LogP contribution is -2.17. The van der Waals surface area contributed by atoms with Gasteiger partial charge in [0.15, 0.2) is 5.82 Å². The Balaban J connectivity index is 2.16. The second-order valence-electron chi connectivity index (χ2n) is 5.12. The number of hydrogen-bond donors (Lipinski definition) is 1. The van der Waals surface area contributed by atoms with E-state index >= 15 is 0 Å². The standard InChI is InChI=1S/C15H19BrN6/c1-21(2)14-9-13(18-15(19-14)22(3)4)20-17-10-11-5-7-12(16)8-6-11/h5-10H,1-4H3,(H,18,19,20). The van der Waals surface area contributed by atoms with E-state index in [1.165, 1.54) is 0 Å². The van der Waals surface area contributed by atoms with Gasteiger partial charge in [0.1, 0.15) is 5.82 Å². The minimum absolute atomic E-state index is 0.632. The van der Waals surface area contributed by atoms with Crippen molar-refractivity contribution in [3.8, 4) is 0 Å². The average Bonchev–Trinajstić information content (AvgIpc) is 2.49. The highest BCUT2D eigenvalue weighted by Gasteiger charge is 2.07. The number of benzene rings is 1. The lowest BCUT2D eigenvalue weighted by Gasteiger charge is -2.16. The van der Waals surface area contributed by atoms with Crippen LogP contribution in [0.4, 0.5) is 17.6 Å². The molecule has 1 aromatic heterocycles. The molecule has 0 saturated heterocycles. The molecular weight excluding hydrogens is 344 g/mol. The summed E-state index contributed by atoms with van der Waals surface area (Å²) in [6, 6.07) is 9.75. The van der Waals surface area contributed by atoms with Crippen LogP contribution in [0, 0.1) is 0 Å². The Hall–Kier alpha value is -2.15. The van der Waals surface area contributed by atoms with Gasteiger partial charge in [0.05, 0.1) is 6.21 Å². The summed E-state index contributed by atoms with van der Waals surface area (Å²) in [7, 11) is 7.70. The number of nitrogens with zero attached hydrogens (tertiary/aromatic N) is 5. The van der Waals surface area contributed by atoms with Crippen molar-refractivity contribution in [3.63, 3.8) is 0 Å². The van der Waals surface area contributed by atoms with Crippen LogP contribution in [-0.4, -0.2) is 44.4 Å². The first kappa shape index (κ1) is 16.2. The lowest BCUT2D eigenvalue weighted by molar-refractivity contribution is 0.966. The van der Waals surface area contributed by atoms with Crippen LogP contribution in [0.3, 0.4) is 0 Å². The number of hydrazone groups is 1. The van der Waals surface area contributed by atoms with E-state index in [1.807, 2.05) is 68.3 Å². The van der Waals surface area contributed by atoms with E-state index in [-0.39, 0.29) is 0 Å². The molecule has 1 heterocycles. The first-order valence-corrected chi connectivity index (χ1v) is 7.53. The van der Waals surface area contributed by atoms with Crippen molar-refractivity contribution in [2.45, 2.75) is 0 Å². The van der Waals surface area contributed by atoms with Crippen LogP contribution in [0.15, 0.2) is 39.9 Å². The summed E-state index contributed by atoms with van der Waals surface area (Å²) in [5, 5.41) is 4.22. The number of nitrogens with one attached hydrogen (secondary N) is 1. The minimum atomic E-state index is 0.632. The van der Waals surface area contributed by atoms with E-state index in [1.54, 1.807) is 6.21 Å². The Morgan fingerprint density at radius 3 is 2.32 bits per heavy atom. The van der Waals surface area contributed by atoms with Gasteiger partial charge < -0.3 is 9.80 Å². The molecule has 7 heteroatoms. The molecule has 22 heavy (non-hydrogen) atoms. The highest BCUT2D eigenvalue weighted by atomic mass is 79.9. The zero-order valence-electron chi connectivity index (χ0n) is 13.1. The Kier molecular flexibility index (Phi) is 5.32. The predicted octanol–water partition coefficient (Wildman–Crippen LogP) is 2.82. The largest absolute Gasteiger partial charge is 0.363 e. The fraction of sp³-hybridized carbons (Fsp3) is 0.267. The minimum Gasteiger partial charge on any atom is -0.363 e. The number of anilines is 3. The van der Waals surface area contributed by atoms with Crippen molar-refractivity contribution in [1.29, 1.82) is 0 Å². The number of rotatable bonds is 5.